The topological polar surface area (TPSA) is 99.6 Å². The van der Waals surface area contributed by atoms with Crippen LogP contribution >= 0.6 is 0 Å². The van der Waals surface area contributed by atoms with E-state index >= 15 is 0 Å². The average molecular weight is 393 g/mol. The molecule has 0 radical (unpaired) electrons. The molecule has 1 N–H and O–H groups in total. The van der Waals surface area contributed by atoms with Crippen LogP contribution in [-0.4, -0.2) is 44.8 Å². The van der Waals surface area contributed by atoms with E-state index in [1.54, 1.807) is 25.4 Å². The normalized spacial score (nSPS) is 20.1. The Morgan fingerprint density at radius 3 is 2.15 bits per heavy atom. The Morgan fingerprint density at radius 2 is 1.56 bits per heavy atom. The lowest BCUT2D eigenvalue weighted by Crippen LogP contribution is -2.39. The number of benzene rings is 1. The molecule has 1 aliphatic rings. The van der Waals surface area contributed by atoms with Crippen LogP contribution in [0.3, 0.4) is 0 Å². The zero-order chi connectivity index (χ0) is 19.3. The predicted octanol–water partition coefficient (Wildman–Crippen LogP) is 2.16. The van der Waals surface area contributed by atoms with Gasteiger partial charge < -0.3 is 14.2 Å². The van der Waals surface area contributed by atoms with E-state index in [2.05, 4.69) is 14.7 Å². The number of nitrogens with zero attached hydrogens (tertiary/aromatic N) is 2. The standard InChI is InChI=1S/C18H23N3O5S/c1-24-14-7-9-16(10-8-14)27(22,23)21-13-3-5-15(6-4-13)26-18-17(25-2)19-11-12-20-18/h7-13,15,21H,3-6H2,1-2H3. The number of hydrogen-bond donors (Lipinski definition) is 1. The summed E-state index contributed by atoms with van der Waals surface area (Å²) in [5, 5.41) is 0. The number of rotatable bonds is 7. The molecule has 1 heterocycles. The Hall–Kier alpha value is -2.39. The molecule has 8 nitrogen and oxygen atoms in total. The van der Waals surface area contributed by atoms with Gasteiger partial charge in [-0.2, -0.15) is 0 Å². The molecule has 0 amide bonds. The zero-order valence-corrected chi connectivity index (χ0v) is 16.1. The Morgan fingerprint density at radius 1 is 0.926 bits per heavy atom. The van der Waals surface area contributed by atoms with E-state index in [0.717, 1.165) is 12.8 Å². The molecule has 3 rings (SSSR count). The highest BCUT2D eigenvalue weighted by Gasteiger charge is 2.27. The van der Waals surface area contributed by atoms with Crippen LogP contribution in [0.5, 0.6) is 17.5 Å². The lowest BCUT2D eigenvalue weighted by molar-refractivity contribution is 0.132. The summed E-state index contributed by atoms with van der Waals surface area (Å²) in [7, 11) is -0.504. The highest BCUT2D eigenvalue weighted by Crippen LogP contribution is 2.28. The van der Waals surface area contributed by atoms with Crippen molar-refractivity contribution in [2.45, 2.75) is 42.7 Å². The van der Waals surface area contributed by atoms with Gasteiger partial charge in [-0.25, -0.2) is 23.1 Å². The van der Waals surface area contributed by atoms with Gasteiger partial charge in [0.15, 0.2) is 0 Å². The van der Waals surface area contributed by atoms with Gasteiger partial charge in [0.1, 0.15) is 11.9 Å². The average Bonchev–Trinajstić information content (AvgIpc) is 2.70. The molecule has 1 aromatic carbocycles. The van der Waals surface area contributed by atoms with E-state index in [4.69, 9.17) is 14.2 Å². The summed E-state index contributed by atoms with van der Waals surface area (Å²) in [5.41, 5.74) is 0. The van der Waals surface area contributed by atoms with Gasteiger partial charge in [0.25, 0.3) is 11.8 Å². The predicted molar refractivity (Wildman–Crippen MR) is 98.6 cm³/mol. The van der Waals surface area contributed by atoms with E-state index in [-0.39, 0.29) is 17.0 Å². The van der Waals surface area contributed by atoms with Crippen molar-refractivity contribution in [3.05, 3.63) is 36.7 Å². The molecule has 1 aliphatic carbocycles. The Balaban J connectivity index is 1.55. The van der Waals surface area contributed by atoms with Gasteiger partial charge in [0.2, 0.25) is 10.0 Å². The van der Waals surface area contributed by atoms with E-state index < -0.39 is 10.0 Å². The largest absolute Gasteiger partial charge is 0.497 e. The summed E-state index contributed by atoms with van der Waals surface area (Å²) >= 11 is 0. The first-order valence-corrected chi connectivity index (χ1v) is 10.2. The summed E-state index contributed by atoms with van der Waals surface area (Å²) < 4.78 is 43.9. The zero-order valence-electron chi connectivity index (χ0n) is 15.3. The number of nitrogens with one attached hydrogen (secondary N) is 1. The second-order valence-corrected chi connectivity index (χ2v) is 7.97. The summed E-state index contributed by atoms with van der Waals surface area (Å²) in [4.78, 5) is 8.43. The van der Waals surface area contributed by atoms with Crippen molar-refractivity contribution in [2.75, 3.05) is 14.2 Å². The quantitative estimate of drug-likeness (QED) is 0.769. The van der Waals surface area contributed by atoms with Crippen LogP contribution in [0.15, 0.2) is 41.6 Å². The van der Waals surface area contributed by atoms with Crippen LogP contribution in [-0.2, 0) is 10.0 Å². The minimum Gasteiger partial charge on any atom is -0.497 e. The molecule has 27 heavy (non-hydrogen) atoms. The third-order valence-electron chi connectivity index (χ3n) is 4.47. The van der Waals surface area contributed by atoms with E-state index in [9.17, 15) is 8.42 Å². The number of aromatic nitrogens is 2. The van der Waals surface area contributed by atoms with Gasteiger partial charge >= 0.3 is 0 Å². The SMILES string of the molecule is COc1ccc(S(=O)(=O)NC2CCC(Oc3nccnc3OC)CC2)cc1. The van der Waals surface area contributed by atoms with Crippen molar-refractivity contribution in [1.82, 2.24) is 14.7 Å². The van der Waals surface area contributed by atoms with Gasteiger partial charge in [-0.1, -0.05) is 0 Å². The number of ether oxygens (including phenoxy) is 3. The highest BCUT2D eigenvalue weighted by atomic mass is 32.2. The van der Waals surface area contributed by atoms with Gasteiger partial charge in [0, 0.05) is 18.4 Å². The van der Waals surface area contributed by atoms with E-state index in [1.165, 1.54) is 25.4 Å². The minimum absolute atomic E-state index is 0.0441. The third kappa shape index (κ3) is 4.86. The van der Waals surface area contributed by atoms with Crippen molar-refractivity contribution in [1.29, 1.82) is 0 Å². The van der Waals surface area contributed by atoms with Gasteiger partial charge in [-0.3, -0.25) is 0 Å². The molecular formula is C18H23N3O5S. The first-order valence-electron chi connectivity index (χ1n) is 8.70. The van der Waals surface area contributed by atoms with Crippen LogP contribution in [0, 0.1) is 0 Å². The Labute approximate surface area is 158 Å². The third-order valence-corrected chi connectivity index (χ3v) is 6.01. The molecule has 1 aromatic heterocycles. The second kappa shape index (κ2) is 8.53. The number of methoxy groups -OCH3 is 2. The summed E-state index contributed by atoms with van der Waals surface area (Å²) in [6.07, 6.45) is 5.84. The fraction of sp³-hybridized carbons (Fsp3) is 0.444. The second-order valence-electron chi connectivity index (χ2n) is 6.26. The van der Waals surface area contributed by atoms with Crippen molar-refractivity contribution in [3.63, 3.8) is 0 Å². The Kier molecular flexibility index (Phi) is 6.12. The fourth-order valence-corrected chi connectivity index (χ4v) is 4.34. The van der Waals surface area contributed by atoms with Crippen LogP contribution < -0.4 is 18.9 Å². The smallest absolute Gasteiger partial charge is 0.278 e. The molecular weight excluding hydrogens is 370 g/mol. The number of sulfonamides is 1. The molecule has 0 saturated heterocycles. The van der Waals surface area contributed by atoms with Crippen molar-refractivity contribution in [3.8, 4) is 17.5 Å². The maximum absolute atomic E-state index is 12.5. The van der Waals surface area contributed by atoms with E-state index in [1.807, 2.05) is 0 Å². The van der Waals surface area contributed by atoms with Crippen LogP contribution in [0.1, 0.15) is 25.7 Å². The van der Waals surface area contributed by atoms with Gasteiger partial charge in [0.05, 0.1) is 19.1 Å². The molecule has 1 fully saturated rings. The fourth-order valence-electron chi connectivity index (χ4n) is 3.03. The van der Waals surface area contributed by atoms with Gasteiger partial charge in [-0.15, -0.1) is 0 Å². The Bertz CT molecular complexity index is 850. The molecule has 0 atom stereocenters. The monoisotopic (exact) mass is 393 g/mol. The molecule has 1 saturated carbocycles. The van der Waals surface area contributed by atoms with E-state index in [0.29, 0.717) is 30.4 Å². The summed E-state index contributed by atoms with van der Waals surface area (Å²) in [5.74, 6) is 1.33. The van der Waals surface area contributed by atoms with Crippen LogP contribution in [0.2, 0.25) is 0 Å². The van der Waals surface area contributed by atoms with Crippen LogP contribution in [0.25, 0.3) is 0 Å². The first-order chi connectivity index (χ1) is 13.0. The summed E-state index contributed by atoms with van der Waals surface area (Å²) in [6.45, 7) is 0. The van der Waals surface area contributed by atoms with Crippen molar-refractivity contribution < 1.29 is 22.6 Å². The van der Waals surface area contributed by atoms with Crippen molar-refractivity contribution in [2.24, 2.45) is 0 Å². The first kappa shape index (κ1) is 19.4. The van der Waals surface area contributed by atoms with Gasteiger partial charge in [-0.05, 0) is 49.9 Å². The molecule has 2 aromatic rings. The van der Waals surface area contributed by atoms with Crippen molar-refractivity contribution >= 4 is 10.0 Å². The molecule has 0 bridgehead atoms. The lowest BCUT2D eigenvalue weighted by atomic mass is 9.94. The minimum atomic E-state index is -3.56. The van der Waals surface area contributed by atoms with Crippen LogP contribution in [0.4, 0.5) is 0 Å². The molecule has 0 spiro atoms. The highest BCUT2D eigenvalue weighted by molar-refractivity contribution is 7.89. The molecule has 0 unspecified atom stereocenters. The molecule has 146 valence electrons. The molecule has 0 aliphatic heterocycles. The number of hydrogen-bond acceptors (Lipinski definition) is 7. The summed E-state index contributed by atoms with van der Waals surface area (Å²) in [6, 6.07) is 6.22. The maximum atomic E-state index is 12.5. The maximum Gasteiger partial charge on any atom is 0.278 e. The lowest BCUT2D eigenvalue weighted by Gasteiger charge is -2.29. The molecule has 9 heteroatoms.